The number of rotatable bonds is 10. The van der Waals surface area contributed by atoms with Crippen molar-refractivity contribution in [2.75, 3.05) is 13.1 Å². The number of carbonyl (C=O) groups excluding carboxylic acids is 1. The van der Waals surface area contributed by atoms with Crippen LogP contribution >= 0.6 is 0 Å². The third kappa shape index (κ3) is 8.02. The highest BCUT2D eigenvalue weighted by atomic mass is 16.6. The fraction of sp³-hybridized carbons (Fsp3) is 0.500. The lowest BCUT2D eigenvalue weighted by Gasteiger charge is -2.30. The minimum Gasteiger partial charge on any atom is -0.380 e. The molecule has 0 heterocycles. The molecule has 0 aliphatic heterocycles. The van der Waals surface area contributed by atoms with Crippen LogP contribution in [-0.2, 0) is 16.0 Å². The molecule has 0 saturated carbocycles. The molecule has 3 rings (SSSR count). The first-order valence-corrected chi connectivity index (χ1v) is 11.7. The fourth-order valence-corrected chi connectivity index (χ4v) is 4.09. The van der Waals surface area contributed by atoms with Crippen LogP contribution < -0.4 is 10.6 Å². The maximum Gasteiger partial charge on any atom is 0.251 e. The van der Waals surface area contributed by atoms with Crippen molar-refractivity contribution in [3.05, 3.63) is 72.4 Å². The molecule has 1 amide bonds. The first-order chi connectivity index (χ1) is 15.5. The summed E-state index contributed by atoms with van der Waals surface area (Å²) in [6.07, 6.45) is 15.0. The van der Waals surface area contributed by atoms with Crippen molar-refractivity contribution in [1.29, 1.82) is 0 Å². The highest BCUT2D eigenvalue weighted by Gasteiger charge is 2.36. The van der Waals surface area contributed by atoms with Crippen molar-refractivity contribution in [2.45, 2.75) is 63.1 Å². The number of allylic oxidation sites excluding steroid dienone is 5. The first kappa shape index (κ1) is 24.4. The van der Waals surface area contributed by atoms with Crippen molar-refractivity contribution in [3.63, 3.8) is 0 Å². The molecule has 2 unspecified atom stereocenters. The van der Waals surface area contributed by atoms with E-state index in [2.05, 4.69) is 22.8 Å². The summed E-state index contributed by atoms with van der Waals surface area (Å²) in [6.45, 7) is 1.13. The molecule has 0 saturated heterocycles. The Morgan fingerprint density at radius 3 is 2.75 bits per heavy atom. The third-order valence-corrected chi connectivity index (χ3v) is 6.09. The summed E-state index contributed by atoms with van der Waals surface area (Å²) in [4.78, 5) is 12.7. The van der Waals surface area contributed by atoms with E-state index < -0.39 is 12.0 Å². The smallest absolute Gasteiger partial charge is 0.251 e. The van der Waals surface area contributed by atoms with E-state index in [1.807, 2.05) is 54.6 Å². The molecule has 1 aromatic carbocycles. The Balaban J connectivity index is 1.40. The molecule has 32 heavy (non-hydrogen) atoms. The largest absolute Gasteiger partial charge is 0.380 e. The number of amides is 1. The maximum absolute atomic E-state index is 12.7. The highest BCUT2D eigenvalue weighted by molar-refractivity contribution is 5.84. The van der Waals surface area contributed by atoms with Gasteiger partial charge in [0.2, 0.25) is 6.41 Å². The molecule has 0 bridgehead atoms. The molecule has 0 fully saturated rings. The van der Waals surface area contributed by atoms with Gasteiger partial charge in [-0.15, -0.1) is 0 Å². The van der Waals surface area contributed by atoms with Crippen LogP contribution in [0, 0.1) is 5.92 Å². The summed E-state index contributed by atoms with van der Waals surface area (Å²) >= 11 is 0. The van der Waals surface area contributed by atoms with Crippen molar-refractivity contribution >= 4 is 5.91 Å². The lowest BCUT2D eigenvalue weighted by Crippen LogP contribution is -2.48. The molecular weight excluding hydrogens is 404 g/mol. The van der Waals surface area contributed by atoms with Gasteiger partial charge in [-0.05, 0) is 56.4 Å². The summed E-state index contributed by atoms with van der Waals surface area (Å²) in [6, 6.07) is 10.0. The number of carbonyl (C=O) groups is 1. The van der Waals surface area contributed by atoms with Gasteiger partial charge in [-0.1, -0.05) is 66.8 Å². The average molecular weight is 441 g/mol. The number of benzene rings is 1. The first-order valence-electron chi connectivity index (χ1n) is 11.7. The minimum atomic E-state index is -1.42. The molecule has 4 N–H and O–H groups in total. The zero-order valence-corrected chi connectivity index (χ0v) is 18.7. The van der Waals surface area contributed by atoms with E-state index >= 15 is 0 Å². The monoisotopic (exact) mass is 440 g/mol. The quantitative estimate of drug-likeness (QED) is 0.332. The van der Waals surface area contributed by atoms with Crippen molar-refractivity contribution < 1.29 is 19.7 Å². The van der Waals surface area contributed by atoms with E-state index in [0.717, 1.165) is 19.3 Å². The second-order valence-corrected chi connectivity index (χ2v) is 8.61. The van der Waals surface area contributed by atoms with Gasteiger partial charge < -0.3 is 20.3 Å². The van der Waals surface area contributed by atoms with E-state index in [9.17, 15) is 15.0 Å². The van der Waals surface area contributed by atoms with Gasteiger partial charge in [-0.25, -0.2) is 0 Å². The van der Waals surface area contributed by atoms with Crippen LogP contribution in [0.25, 0.3) is 0 Å². The van der Waals surface area contributed by atoms with Gasteiger partial charge in [-0.3, -0.25) is 10.1 Å². The predicted octanol–water partition coefficient (Wildman–Crippen LogP) is 2.98. The van der Waals surface area contributed by atoms with Gasteiger partial charge in [0.15, 0.2) is 0 Å². The Labute approximate surface area is 191 Å². The van der Waals surface area contributed by atoms with Crippen molar-refractivity contribution in [1.82, 2.24) is 10.6 Å². The second-order valence-electron chi connectivity index (χ2n) is 8.61. The second kappa shape index (κ2) is 12.7. The lowest BCUT2D eigenvalue weighted by molar-refractivity contribution is -0.152. The molecule has 174 valence electrons. The zero-order valence-electron chi connectivity index (χ0n) is 18.7. The maximum atomic E-state index is 12.7. The molecule has 2 aliphatic rings. The Bertz CT molecular complexity index is 792. The van der Waals surface area contributed by atoms with Gasteiger partial charge in [0.25, 0.3) is 5.91 Å². The molecule has 6 nitrogen and oxygen atoms in total. The molecule has 1 aromatic rings. The molecule has 0 radical (unpaired) electrons. The summed E-state index contributed by atoms with van der Waals surface area (Å²) in [5.41, 5.74) is -0.231. The van der Waals surface area contributed by atoms with Crippen LogP contribution in [-0.4, -0.2) is 47.3 Å². The fourth-order valence-electron chi connectivity index (χ4n) is 4.09. The summed E-state index contributed by atoms with van der Waals surface area (Å²) in [7, 11) is 0. The van der Waals surface area contributed by atoms with Gasteiger partial charge in [0.1, 0.15) is 5.60 Å². The Morgan fingerprint density at radius 2 is 1.97 bits per heavy atom. The van der Waals surface area contributed by atoms with E-state index in [1.165, 1.54) is 5.56 Å². The number of ether oxygens (including phenoxy) is 1. The summed E-state index contributed by atoms with van der Waals surface area (Å²) < 4.78 is 5.70. The Hall–Kier alpha value is -2.25. The average Bonchev–Trinajstić information content (AvgIpc) is 2.80. The molecule has 2 aliphatic carbocycles. The topological polar surface area (TPSA) is 90.8 Å². The number of hydrogen-bond acceptors (Lipinski definition) is 5. The van der Waals surface area contributed by atoms with Crippen LogP contribution in [0.1, 0.15) is 44.1 Å². The van der Waals surface area contributed by atoms with Crippen LogP contribution in [0.2, 0.25) is 0 Å². The van der Waals surface area contributed by atoms with Crippen LogP contribution in [0.5, 0.6) is 0 Å². The van der Waals surface area contributed by atoms with Gasteiger partial charge >= 0.3 is 0 Å². The van der Waals surface area contributed by atoms with Gasteiger partial charge in [0, 0.05) is 13.1 Å². The van der Waals surface area contributed by atoms with E-state index in [-0.39, 0.29) is 18.4 Å². The summed E-state index contributed by atoms with van der Waals surface area (Å²) in [5.74, 6) is 0.118. The molecule has 0 spiro atoms. The molecule has 6 heteroatoms. The summed E-state index contributed by atoms with van der Waals surface area (Å²) in [5, 5.41) is 27.1. The van der Waals surface area contributed by atoms with Gasteiger partial charge in [-0.2, -0.15) is 0 Å². The van der Waals surface area contributed by atoms with Crippen LogP contribution in [0.3, 0.4) is 0 Å². The number of aliphatic hydroxyl groups is 2. The third-order valence-electron chi connectivity index (χ3n) is 6.09. The normalized spacial score (nSPS) is 27.3. The number of nitrogens with one attached hydrogen (secondary N) is 2. The standard InChI is InChI=1S/C26H36N2O4/c29-24(27-19-15-21-9-3-1-4-10-21)26(31)17-8-7-13-23(14-18-26)32-25(30)28-20-16-22-11-5-2-6-12-22/h1-7,9,11-13,21,23,25,28,30-31H,8,10,14-20H2,(H,27,29)/b13-7+/t21?,23-,25?,26-/m1/s1. The number of hydrogen-bond donors (Lipinski definition) is 4. The Morgan fingerprint density at radius 1 is 1.12 bits per heavy atom. The molecule has 0 aromatic heterocycles. The minimum absolute atomic E-state index is 0.288. The number of aliphatic hydroxyl groups excluding tert-OH is 1. The predicted molar refractivity (Wildman–Crippen MR) is 126 cm³/mol. The van der Waals surface area contributed by atoms with Crippen molar-refractivity contribution in [2.24, 2.45) is 5.92 Å². The van der Waals surface area contributed by atoms with Crippen LogP contribution in [0.4, 0.5) is 0 Å². The van der Waals surface area contributed by atoms with E-state index in [0.29, 0.717) is 38.3 Å². The van der Waals surface area contributed by atoms with E-state index in [4.69, 9.17) is 4.74 Å². The highest BCUT2D eigenvalue weighted by Crippen LogP contribution is 2.25. The molecule has 4 atom stereocenters. The van der Waals surface area contributed by atoms with Gasteiger partial charge in [0.05, 0.1) is 6.10 Å². The SMILES string of the molecule is O=C(NCCC1C=CC=CC1)[C@@]1(O)CC/C=C/[C@@H](OC(O)NCCc2ccccc2)CC1. The van der Waals surface area contributed by atoms with Crippen molar-refractivity contribution in [3.8, 4) is 0 Å². The zero-order chi connectivity index (χ0) is 22.7. The molecular formula is C26H36N2O4. The Kier molecular flexibility index (Phi) is 9.68. The van der Waals surface area contributed by atoms with Crippen LogP contribution in [0.15, 0.2) is 66.8 Å². The van der Waals surface area contributed by atoms with E-state index in [1.54, 1.807) is 0 Å². The lowest BCUT2D eigenvalue weighted by atomic mass is 9.87.